The van der Waals surface area contributed by atoms with Crippen LogP contribution in [0.1, 0.15) is 38.2 Å². The Kier molecular flexibility index (Phi) is 3.04. The van der Waals surface area contributed by atoms with Gasteiger partial charge in [-0.1, -0.05) is 12.1 Å². The highest BCUT2D eigenvalue weighted by Crippen LogP contribution is 2.30. The SMILES string of the molecule is CC(O)(CNC1CC1)c1cccc(OC2CC2)c1. The summed E-state index contributed by atoms with van der Waals surface area (Å²) in [7, 11) is 0. The summed E-state index contributed by atoms with van der Waals surface area (Å²) in [5, 5.41) is 13.9. The molecule has 0 heterocycles. The maximum absolute atomic E-state index is 10.5. The summed E-state index contributed by atoms with van der Waals surface area (Å²) in [6.45, 7) is 2.46. The van der Waals surface area contributed by atoms with E-state index in [9.17, 15) is 5.11 Å². The van der Waals surface area contributed by atoms with Crippen molar-refractivity contribution in [2.45, 2.75) is 50.4 Å². The molecule has 0 spiro atoms. The number of nitrogens with one attached hydrogen (secondary N) is 1. The van der Waals surface area contributed by atoms with E-state index in [1.54, 1.807) is 0 Å². The van der Waals surface area contributed by atoms with E-state index >= 15 is 0 Å². The van der Waals surface area contributed by atoms with Crippen LogP contribution in [0.15, 0.2) is 24.3 Å². The average Bonchev–Trinajstić information content (AvgIpc) is 3.22. The van der Waals surface area contributed by atoms with Crippen molar-refractivity contribution in [1.29, 1.82) is 0 Å². The molecule has 0 saturated heterocycles. The molecule has 1 unspecified atom stereocenters. The fraction of sp³-hybridized carbons (Fsp3) is 0.600. The Morgan fingerprint density at radius 3 is 2.78 bits per heavy atom. The van der Waals surface area contributed by atoms with Gasteiger partial charge in [0.25, 0.3) is 0 Å². The molecular formula is C15H21NO2. The smallest absolute Gasteiger partial charge is 0.120 e. The molecule has 0 bridgehead atoms. The van der Waals surface area contributed by atoms with Crippen molar-refractivity contribution in [2.75, 3.05) is 6.54 Å². The van der Waals surface area contributed by atoms with E-state index < -0.39 is 5.60 Å². The Labute approximate surface area is 108 Å². The zero-order chi connectivity index (χ0) is 12.6. The summed E-state index contributed by atoms with van der Waals surface area (Å²) >= 11 is 0. The lowest BCUT2D eigenvalue weighted by Gasteiger charge is -2.25. The number of aliphatic hydroxyl groups is 1. The van der Waals surface area contributed by atoms with Crippen LogP contribution in [-0.4, -0.2) is 23.8 Å². The van der Waals surface area contributed by atoms with Gasteiger partial charge in [0, 0.05) is 12.6 Å². The molecule has 0 radical (unpaired) electrons. The van der Waals surface area contributed by atoms with E-state index in [-0.39, 0.29) is 0 Å². The lowest BCUT2D eigenvalue weighted by Crippen LogP contribution is -2.36. The molecular weight excluding hydrogens is 226 g/mol. The van der Waals surface area contributed by atoms with Gasteiger partial charge >= 0.3 is 0 Å². The van der Waals surface area contributed by atoms with Crippen molar-refractivity contribution in [3.63, 3.8) is 0 Å². The summed E-state index contributed by atoms with van der Waals surface area (Å²) in [4.78, 5) is 0. The molecule has 2 aliphatic carbocycles. The predicted molar refractivity (Wildman–Crippen MR) is 70.7 cm³/mol. The number of hydrogen-bond donors (Lipinski definition) is 2. The second-order valence-electron chi connectivity index (χ2n) is 5.77. The number of ether oxygens (including phenoxy) is 1. The Balaban J connectivity index is 1.67. The van der Waals surface area contributed by atoms with Crippen LogP contribution in [0.3, 0.4) is 0 Å². The first-order valence-electron chi connectivity index (χ1n) is 6.86. The number of rotatable bonds is 6. The Bertz CT molecular complexity index is 422. The summed E-state index contributed by atoms with van der Waals surface area (Å²) in [5.41, 5.74) is 0.0969. The molecule has 0 aromatic heterocycles. The van der Waals surface area contributed by atoms with Gasteiger partial charge in [0.15, 0.2) is 0 Å². The van der Waals surface area contributed by atoms with E-state index in [0.29, 0.717) is 18.7 Å². The normalized spacial score (nSPS) is 22.6. The second kappa shape index (κ2) is 4.56. The zero-order valence-electron chi connectivity index (χ0n) is 10.9. The molecule has 2 N–H and O–H groups in total. The first-order valence-corrected chi connectivity index (χ1v) is 6.86. The highest BCUT2D eigenvalue weighted by atomic mass is 16.5. The van der Waals surface area contributed by atoms with Crippen molar-refractivity contribution < 1.29 is 9.84 Å². The molecule has 1 aromatic rings. The monoisotopic (exact) mass is 247 g/mol. The van der Waals surface area contributed by atoms with Gasteiger partial charge in [-0.3, -0.25) is 0 Å². The van der Waals surface area contributed by atoms with Gasteiger partial charge in [0.2, 0.25) is 0 Å². The van der Waals surface area contributed by atoms with Gasteiger partial charge in [-0.2, -0.15) is 0 Å². The molecule has 0 amide bonds. The first-order chi connectivity index (χ1) is 8.63. The fourth-order valence-electron chi connectivity index (χ4n) is 2.02. The van der Waals surface area contributed by atoms with Gasteiger partial charge in [-0.15, -0.1) is 0 Å². The summed E-state index contributed by atoms with van der Waals surface area (Å²) in [5.74, 6) is 0.877. The first kappa shape index (κ1) is 12.0. The lowest BCUT2D eigenvalue weighted by atomic mass is 9.96. The fourth-order valence-corrected chi connectivity index (χ4v) is 2.02. The van der Waals surface area contributed by atoms with Gasteiger partial charge in [-0.05, 0) is 50.3 Å². The number of benzene rings is 1. The Hall–Kier alpha value is -1.06. The third-order valence-electron chi connectivity index (χ3n) is 3.60. The maximum Gasteiger partial charge on any atom is 0.120 e. The summed E-state index contributed by atoms with van der Waals surface area (Å²) in [6, 6.07) is 8.47. The zero-order valence-corrected chi connectivity index (χ0v) is 10.9. The standard InChI is InChI=1S/C15H21NO2/c1-15(17,10-16-12-5-6-12)11-3-2-4-14(9-11)18-13-7-8-13/h2-4,9,12-13,16-17H,5-8,10H2,1H3. The van der Waals surface area contributed by atoms with Gasteiger partial charge in [0.1, 0.15) is 5.75 Å². The van der Waals surface area contributed by atoms with Crippen molar-refractivity contribution in [2.24, 2.45) is 0 Å². The largest absolute Gasteiger partial charge is 0.490 e. The van der Waals surface area contributed by atoms with Gasteiger partial charge < -0.3 is 15.2 Å². The number of hydrogen-bond acceptors (Lipinski definition) is 3. The Morgan fingerprint density at radius 1 is 1.33 bits per heavy atom. The third kappa shape index (κ3) is 3.03. The predicted octanol–water partition coefficient (Wildman–Crippen LogP) is 2.19. The van der Waals surface area contributed by atoms with E-state index in [1.807, 2.05) is 31.2 Å². The Morgan fingerprint density at radius 2 is 2.11 bits per heavy atom. The van der Waals surface area contributed by atoms with E-state index in [0.717, 1.165) is 24.2 Å². The molecule has 1 aromatic carbocycles. The van der Waals surface area contributed by atoms with E-state index in [2.05, 4.69) is 5.32 Å². The van der Waals surface area contributed by atoms with Crippen LogP contribution in [-0.2, 0) is 5.60 Å². The topological polar surface area (TPSA) is 41.5 Å². The molecule has 1 atom stereocenters. The second-order valence-corrected chi connectivity index (χ2v) is 5.77. The molecule has 3 nitrogen and oxygen atoms in total. The van der Waals surface area contributed by atoms with E-state index in [4.69, 9.17) is 4.74 Å². The van der Waals surface area contributed by atoms with E-state index in [1.165, 1.54) is 12.8 Å². The minimum Gasteiger partial charge on any atom is -0.490 e. The van der Waals surface area contributed by atoms with Crippen LogP contribution in [0.25, 0.3) is 0 Å². The molecule has 2 fully saturated rings. The quantitative estimate of drug-likeness (QED) is 0.809. The average molecular weight is 247 g/mol. The van der Waals surface area contributed by atoms with Crippen LogP contribution in [0.2, 0.25) is 0 Å². The highest BCUT2D eigenvalue weighted by Gasteiger charge is 2.29. The summed E-state index contributed by atoms with van der Waals surface area (Å²) < 4.78 is 5.77. The van der Waals surface area contributed by atoms with Gasteiger partial charge in [-0.25, -0.2) is 0 Å². The third-order valence-corrected chi connectivity index (χ3v) is 3.60. The summed E-state index contributed by atoms with van der Waals surface area (Å²) in [6.07, 6.45) is 5.19. The van der Waals surface area contributed by atoms with Crippen molar-refractivity contribution >= 4 is 0 Å². The minimum absolute atomic E-state index is 0.398. The van der Waals surface area contributed by atoms with Gasteiger partial charge in [0.05, 0.1) is 11.7 Å². The van der Waals surface area contributed by atoms with Crippen molar-refractivity contribution in [1.82, 2.24) is 5.32 Å². The van der Waals surface area contributed by atoms with Crippen LogP contribution in [0, 0.1) is 0 Å². The highest BCUT2D eigenvalue weighted by molar-refractivity contribution is 5.32. The van der Waals surface area contributed by atoms with Crippen molar-refractivity contribution in [3.8, 4) is 5.75 Å². The molecule has 3 heteroatoms. The molecule has 98 valence electrons. The van der Waals surface area contributed by atoms with Crippen LogP contribution in [0.5, 0.6) is 5.75 Å². The van der Waals surface area contributed by atoms with Crippen molar-refractivity contribution in [3.05, 3.63) is 29.8 Å². The van der Waals surface area contributed by atoms with Crippen LogP contribution in [0.4, 0.5) is 0 Å². The van der Waals surface area contributed by atoms with Crippen LogP contribution < -0.4 is 10.1 Å². The molecule has 2 aliphatic rings. The molecule has 18 heavy (non-hydrogen) atoms. The maximum atomic E-state index is 10.5. The molecule has 3 rings (SSSR count). The lowest BCUT2D eigenvalue weighted by molar-refractivity contribution is 0.0563. The minimum atomic E-state index is -0.828. The molecule has 0 aliphatic heterocycles. The molecule has 2 saturated carbocycles. The van der Waals surface area contributed by atoms with Crippen LogP contribution >= 0.6 is 0 Å².